The van der Waals surface area contributed by atoms with Gasteiger partial charge in [-0.2, -0.15) is 12.6 Å². The van der Waals surface area contributed by atoms with Crippen LogP contribution in [0.3, 0.4) is 0 Å². The molecule has 0 unspecified atom stereocenters. The first-order valence-corrected chi connectivity index (χ1v) is 5.16. The van der Waals surface area contributed by atoms with Crippen molar-refractivity contribution in [2.45, 2.75) is 12.3 Å². The van der Waals surface area contributed by atoms with E-state index in [1.165, 1.54) is 11.1 Å². The Morgan fingerprint density at radius 3 is 2.54 bits per heavy atom. The van der Waals surface area contributed by atoms with Gasteiger partial charge < -0.3 is 4.74 Å². The lowest BCUT2D eigenvalue weighted by molar-refractivity contribution is -0.0473. The fraction of sp³-hybridized carbons (Fsp3) is 0.455. The molecule has 1 heterocycles. The highest BCUT2D eigenvalue weighted by molar-refractivity contribution is 7.80. The van der Waals surface area contributed by atoms with E-state index < -0.39 is 0 Å². The predicted molar refractivity (Wildman–Crippen MR) is 57.5 cm³/mol. The zero-order chi connectivity index (χ0) is 9.31. The second kappa shape index (κ2) is 3.35. The van der Waals surface area contributed by atoms with E-state index in [4.69, 9.17) is 4.74 Å². The maximum Gasteiger partial charge on any atom is 0.0593 e. The van der Waals surface area contributed by atoms with Gasteiger partial charge in [-0.05, 0) is 18.1 Å². The first-order chi connectivity index (χ1) is 6.28. The highest BCUT2D eigenvalue weighted by Gasteiger charge is 2.39. The van der Waals surface area contributed by atoms with Crippen LogP contribution in [0.15, 0.2) is 24.3 Å². The highest BCUT2D eigenvalue weighted by Crippen LogP contribution is 2.35. The summed E-state index contributed by atoms with van der Waals surface area (Å²) < 4.78 is 5.29. The smallest absolute Gasteiger partial charge is 0.0593 e. The standard InChI is InChI=1S/C11H14OS/c1-9-4-2-3-5-10(9)11(8-13)6-12-7-11/h2-5,13H,6-8H2,1H3. The van der Waals surface area contributed by atoms with Crippen LogP contribution in [0.5, 0.6) is 0 Å². The maximum absolute atomic E-state index is 5.29. The average Bonchev–Trinajstić information content (AvgIpc) is 2.07. The number of benzene rings is 1. The minimum atomic E-state index is 0.189. The summed E-state index contributed by atoms with van der Waals surface area (Å²) in [6, 6.07) is 8.50. The van der Waals surface area contributed by atoms with Crippen LogP contribution in [0, 0.1) is 6.92 Å². The highest BCUT2D eigenvalue weighted by atomic mass is 32.1. The van der Waals surface area contributed by atoms with E-state index in [-0.39, 0.29) is 5.41 Å². The van der Waals surface area contributed by atoms with E-state index in [2.05, 4.69) is 43.8 Å². The van der Waals surface area contributed by atoms with Gasteiger partial charge in [-0.15, -0.1) is 0 Å². The molecule has 1 aromatic carbocycles. The lowest BCUT2D eigenvalue weighted by Gasteiger charge is -2.41. The van der Waals surface area contributed by atoms with E-state index in [9.17, 15) is 0 Å². The van der Waals surface area contributed by atoms with Gasteiger partial charge in [-0.3, -0.25) is 0 Å². The molecule has 1 aliphatic rings. The molecule has 0 saturated carbocycles. The van der Waals surface area contributed by atoms with Crippen LogP contribution in [0.2, 0.25) is 0 Å². The normalized spacial score (nSPS) is 19.5. The molecule has 0 spiro atoms. The number of ether oxygens (including phenoxy) is 1. The molecular weight excluding hydrogens is 180 g/mol. The molecule has 0 N–H and O–H groups in total. The third-order valence-electron chi connectivity index (χ3n) is 2.78. The van der Waals surface area contributed by atoms with Crippen molar-refractivity contribution >= 4 is 12.6 Å². The summed E-state index contributed by atoms with van der Waals surface area (Å²) in [5.41, 5.74) is 2.94. The van der Waals surface area contributed by atoms with Gasteiger partial charge in [0.15, 0.2) is 0 Å². The van der Waals surface area contributed by atoms with Crippen molar-refractivity contribution in [2.24, 2.45) is 0 Å². The van der Waals surface area contributed by atoms with Crippen LogP contribution >= 0.6 is 12.6 Å². The summed E-state index contributed by atoms with van der Waals surface area (Å²) in [5, 5.41) is 0. The molecule has 2 rings (SSSR count). The molecule has 13 heavy (non-hydrogen) atoms. The van der Waals surface area contributed by atoms with Gasteiger partial charge in [-0.1, -0.05) is 24.3 Å². The van der Waals surface area contributed by atoms with Crippen LogP contribution in [0.1, 0.15) is 11.1 Å². The Labute approximate surface area is 84.5 Å². The molecule has 0 bridgehead atoms. The number of rotatable bonds is 2. The van der Waals surface area contributed by atoms with Gasteiger partial charge in [0.05, 0.1) is 18.6 Å². The van der Waals surface area contributed by atoms with Crippen molar-refractivity contribution in [3.05, 3.63) is 35.4 Å². The van der Waals surface area contributed by atoms with E-state index >= 15 is 0 Å². The maximum atomic E-state index is 5.29. The van der Waals surface area contributed by atoms with E-state index in [1.807, 2.05) is 0 Å². The molecular formula is C11H14OS. The van der Waals surface area contributed by atoms with Crippen LogP contribution in [-0.2, 0) is 10.2 Å². The zero-order valence-corrected chi connectivity index (χ0v) is 8.68. The SMILES string of the molecule is Cc1ccccc1C1(CS)COC1. The fourth-order valence-electron chi connectivity index (χ4n) is 1.85. The summed E-state index contributed by atoms with van der Waals surface area (Å²) in [4.78, 5) is 0. The minimum absolute atomic E-state index is 0.189. The van der Waals surface area contributed by atoms with Crippen molar-refractivity contribution in [1.29, 1.82) is 0 Å². The molecule has 0 amide bonds. The Bertz CT molecular complexity index is 299. The number of hydrogen-bond donors (Lipinski definition) is 1. The summed E-state index contributed by atoms with van der Waals surface area (Å²) in [7, 11) is 0. The van der Waals surface area contributed by atoms with E-state index in [0.717, 1.165) is 19.0 Å². The van der Waals surface area contributed by atoms with Gasteiger partial charge in [-0.25, -0.2) is 0 Å². The van der Waals surface area contributed by atoms with Crippen LogP contribution in [-0.4, -0.2) is 19.0 Å². The first kappa shape index (κ1) is 9.10. The van der Waals surface area contributed by atoms with E-state index in [1.54, 1.807) is 0 Å². The van der Waals surface area contributed by atoms with Gasteiger partial charge in [0.25, 0.3) is 0 Å². The molecule has 1 aliphatic heterocycles. The lowest BCUT2D eigenvalue weighted by atomic mass is 9.78. The Morgan fingerprint density at radius 2 is 2.08 bits per heavy atom. The Kier molecular flexibility index (Phi) is 2.35. The fourth-order valence-corrected chi connectivity index (χ4v) is 2.20. The number of thiol groups is 1. The van der Waals surface area contributed by atoms with Gasteiger partial charge in [0, 0.05) is 5.75 Å². The average molecular weight is 194 g/mol. The molecule has 1 aromatic rings. The van der Waals surface area contributed by atoms with Crippen molar-refractivity contribution in [1.82, 2.24) is 0 Å². The van der Waals surface area contributed by atoms with Crippen LogP contribution < -0.4 is 0 Å². The molecule has 1 nitrogen and oxygen atoms in total. The Hall–Kier alpha value is -0.470. The molecule has 2 heteroatoms. The topological polar surface area (TPSA) is 9.23 Å². The quantitative estimate of drug-likeness (QED) is 0.710. The molecule has 1 saturated heterocycles. The second-order valence-corrected chi connectivity index (χ2v) is 4.06. The molecule has 0 aromatic heterocycles. The van der Waals surface area contributed by atoms with Crippen molar-refractivity contribution in [2.75, 3.05) is 19.0 Å². The zero-order valence-electron chi connectivity index (χ0n) is 7.79. The first-order valence-electron chi connectivity index (χ1n) is 4.53. The third kappa shape index (κ3) is 1.38. The van der Waals surface area contributed by atoms with E-state index in [0.29, 0.717) is 0 Å². The summed E-state index contributed by atoms with van der Waals surface area (Å²) in [5.74, 6) is 0.873. The van der Waals surface area contributed by atoms with Gasteiger partial charge in [0.2, 0.25) is 0 Å². The molecule has 0 atom stereocenters. The Balaban J connectivity index is 2.38. The minimum Gasteiger partial charge on any atom is -0.379 e. The van der Waals surface area contributed by atoms with Crippen molar-refractivity contribution < 1.29 is 4.74 Å². The largest absolute Gasteiger partial charge is 0.379 e. The molecule has 0 aliphatic carbocycles. The van der Waals surface area contributed by atoms with Gasteiger partial charge in [0.1, 0.15) is 0 Å². The second-order valence-electron chi connectivity index (χ2n) is 3.75. The number of aryl methyl sites for hydroxylation is 1. The van der Waals surface area contributed by atoms with Crippen LogP contribution in [0.25, 0.3) is 0 Å². The summed E-state index contributed by atoms with van der Waals surface area (Å²) in [6.45, 7) is 3.79. The third-order valence-corrected chi connectivity index (χ3v) is 3.38. The molecule has 1 fully saturated rings. The summed E-state index contributed by atoms with van der Waals surface area (Å²) in [6.07, 6.45) is 0. The van der Waals surface area contributed by atoms with Crippen molar-refractivity contribution in [3.63, 3.8) is 0 Å². The van der Waals surface area contributed by atoms with Gasteiger partial charge >= 0.3 is 0 Å². The predicted octanol–water partition coefficient (Wildman–Crippen LogP) is 2.19. The lowest BCUT2D eigenvalue weighted by Crippen LogP contribution is -2.48. The van der Waals surface area contributed by atoms with Crippen LogP contribution in [0.4, 0.5) is 0 Å². The van der Waals surface area contributed by atoms with Crippen molar-refractivity contribution in [3.8, 4) is 0 Å². The monoisotopic (exact) mass is 194 g/mol. The molecule has 70 valence electrons. The molecule has 0 radical (unpaired) electrons. The number of hydrogen-bond acceptors (Lipinski definition) is 2. The summed E-state index contributed by atoms with van der Waals surface area (Å²) >= 11 is 4.41. The Morgan fingerprint density at radius 1 is 1.38 bits per heavy atom.